The molecule has 0 fully saturated rings. The summed E-state index contributed by atoms with van der Waals surface area (Å²) in [5.74, 6) is -0.928. The number of aryl methyl sites for hydroxylation is 1. The van der Waals surface area contributed by atoms with Gasteiger partial charge in [-0.15, -0.1) is 0 Å². The summed E-state index contributed by atoms with van der Waals surface area (Å²) < 4.78 is 1.84. The highest BCUT2D eigenvalue weighted by Crippen LogP contribution is 2.08. The van der Waals surface area contributed by atoms with Crippen LogP contribution >= 0.6 is 0 Å². The van der Waals surface area contributed by atoms with Crippen molar-refractivity contribution in [2.75, 3.05) is 0 Å². The smallest absolute Gasteiger partial charge is 0.335 e. The fourth-order valence-corrected chi connectivity index (χ4v) is 1.24. The van der Waals surface area contributed by atoms with Crippen molar-refractivity contribution in [2.45, 2.75) is 6.92 Å². The van der Waals surface area contributed by atoms with Gasteiger partial charge in [0.2, 0.25) is 0 Å². The first-order chi connectivity index (χ1) is 6.18. The molecule has 0 aliphatic carbocycles. The Kier molecular flexibility index (Phi) is 1.55. The largest absolute Gasteiger partial charge is 0.478 e. The molecular weight excluding hydrogens is 168 g/mol. The topological polar surface area (TPSA) is 54.6 Å². The normalized spacial score (nSPS) is 10.5. The Balaban J connectivity index is 2.70. The summed E-state index contributed by atoms with van der Waals surface area (Å²) in [5.41, 5.74) is 1.92. The van der Waals surface area contributed by atoms with Crippen LogP contribution in [0.2, 0.25) is 0 Å². The SMILES string of the molecule is Cc1cnc2cc(C(=O)O)ccn12. The summed E-state index contributed by atoms with van der Waals surface area (Å²) in [4.78, 5) is 14.7. The van der Waals surface area contributed by atoms with Gasteiger partial charge in [0, 0.05) is 18.1 Å². The number of hydrogen-bond acceptors (Lipinski definition) is 2. The van der Waals surface area contributed by atoms with E-state index in [-0.39, 0.29) is 5.56 Å². The molecule has 2 aromatic heterocycles. The summed E-state index contributed by atoms with van der Waals surface area (Å²) in [6.07, 6.45) is 3.42. The summed E-state index contributed by atoms with van der Waals surface area (Å²) in [6.45, 7) is 1.92. The van der Waals surface area contributed by atoms with Gasteiger partial charge in [0.1, 0.15) is 5.65 Å². The molecule has 0 saturated heterocycles. The van der Waals surface area contributed by atoms with Crippen molar-refractivity contribution in [1.82, 2.24) is 9.38 Å². The number of hydrogen-bond donors (Lipinski definition) is 1. The Labute approximate surface area is 74.5 Å². The van der Waals surface area contributed by atoms with Crippen molar-refractivity contribution in [2.24, 2.45) is 0 Å². The van der Waals surface area contributed by atoms with Crippen LogP contribution in [-0.2, 0) is 0 Å². The Morgan fingerprint density at radius 2 is 2.38 bits per heavy atom. The Morgan fingerprint density at radius 3 is 3.08 bits per heavy atom. The first kappa shape index (κ1) is 7.79. The molecule has 0 saturated carbocycles. The number of carbonyl (C=O) groups is 1. The van der Waals surface area contributed by atoms with Crippen molar-refractivity contribution in [3.05, 3.63) is 35.8 Å². The lowest BCUT2D eigenvalue weighted by atomic mass is 10.3. The third kappa shape index (κ3) is 1.16. The highest BCUT2D eigenvalue weighted by molar-refractivity contribution is 5.88. The van der Waals surface area contributed by atoms with E-state index in [4.69, 9.17) is 5.11 Å². The third-order valence-electron chi connectivity index (χ3n) is 1.95. The van der Waals surface area contributed by atoms with Gasteiger partial charge in [0.05, 0.1) is 5.56 Å². The van der Waals surface area contributed by atoms with E-state index in [1.807, 2.05) is 11.3 Å². The molecule has 0 aromatic carbocycles. The highest BCUT2D eigenvalue weighted by Gasteiger charge is 2.04. The average Bonchev–Trinajstić information content (AvgIpc) is 2.47. The molecule has 2 heterocycles. The molecule has 66 valence electrons. The van der Waals surface area contributed by atoms with Crippen molar-refractivity contribution in [3.8, 4) is 0 Å². The molecule has 0 radical (unpaired) electrons. The quantitative estimate of drug-likeness (QED) is 0.713. The summed E-state index contributed by atoms with van der Waals surface area (Å²) >= 11 is 0. The fraction of sp³-hybridized carbons (Fsp3) is 0.111. The predicted molar refractivity (Wildman–Crippen MR) is 46.9 cm³/mol. The minimum absolute atomic E-state index is 0.262. The van der Waals surface area contributed by atoms with Gasteiger partial charge in [0.15, 0.2) is 0 Å². The lowest BCUT2D eigenvalue weighted by molar-refractivity contribution is 0.0697. The third-order valence-corrected chi connectivity index (χ3v) is 1.95. The second kappa shape index (κ2) is 2.58. The van der Waals surface area contributed by atoms with E-state index < -0.39 is 5.97 Å². The molecule has 0 aliphatic heterocycles. The van der Waals surface area contributed by atoms with Crippen LogP contribution in [0.1, 0.15) is 16.1 Å². The van der Waals surface area contributed by atoms with Crippen LogP contribution in [-0.4, -0.2) is 20.5 Å². The van der Waals surface area contributed by atoms with E-state index in [0.717, 1.165) is 5.69 Å². The highest BCUT2D eigenvalue weighted by atomic mass is 16.4. The molecule has 0 spiro atoms. The van der Waals surface area contributed by atoms with Gasteiger partial charge in [-0.3, -0.25) is 0 Å². The Hall–Kier alpha value is -1.84. The lowest BCUT2D eigenvalue weighted by Gasteiger charge is -1.97. The molecule has 4 heteroatoms. The number of rotatable bonds is 1. The predicted octanol–water partition coefficient (Wildman–Crippen LogP) is 1.34. The standard InChI is InChI=1S/C9H8N2O2/c1-6-5-10-8-4-7(9(12)13)2-3-11(6)8/h2-5H,1H3,(H,12,13). The molecule has 0 unspecified atom stereocenters. The van der Waals surface area contributed by atoms with Crippen LogP contribution in [0.3, 0.4) is 0 Å². The van der Waals surface area contributed by atoms with Crippen LogP contribution in [0.25, 0.3) is 5.65 Å². The molecule has 2 aromatic rings. The number of imidazole rings is 1. The van der Waals surface area contributed by atoms with Crippen LogP contribution in [0.15, 0.2) is 24.5 Å². The molecule has 4 nitrogen and oxygen atoms in total. The van der Waals surface area contributed by atoms with Gasteiger partial charge in [-0.2, -0.15) is 0 Å². The molecule has 2 rings (SSSR count). The van der Waals surface area contributed by atoms with Crippen LogP contribution in [0.5, 0.6) is 0 Å². The van der Waals surface area contributed by atoms with E-state index in [1.54, 1.807) is 24.5 Å². The summed E-state index contributed by atoms with van der Waals surface area (Å²) in [7, 11) is 0. The number of carboxylic acid groups (broad SMARTS) is 1. The minimum Gasteiger partial charge on any atom is -0.478 e. The number of aromatic carboxylic acids is 1. The van der Waals surface area contributed by atoms with Gasteiger partial charge >= 0.3 is 5.97 Å². The summed E-state index contributed by atoms with van der Waals surface area (Å²) in [6, 6.07) is 3.11. The van der Waals surface area contributed by atoms with Crippen LogP contribution in [0.4, 0.5) is 0 Å². The van der Waals surface area contributed by atoms with E-state index in [2.05, 4.69) is 4.98 Å². The second-order valence-corrected chi connectivity index (χ2v) is 2.85. The molecule has 0 bridgehead atoms. The molecular formula is C9H8N2O2. The first-order valence-electron chi connectivity index (χ1n) is 3.85. The maximum atomic E-state index is 10.6. The van der Waals surface area contributed by atoms with Crippen LogP contribution in [0, 0.1) is 6.92 Å². The van der Waals surface area contributed by atoms with Gasteiger partial charge in [-0.1, -0.05) is 0 Å². The van der Waals surface area contributed by atoms with Crippen molar-refractivity contribution >= 4 is 11.6 Å². The number of carboxylic acids is 1. The van der Waals surface area contributed by atoms with Crippen molar-refractivity contribution < 1.29 is 9.90 Å². The molecule has 13 heavy (non-hydrogen) atoms. The van der Waals surface area contributed by atoms with E-state index in [1.165, 1.54) is 0 Å². The van der Waals surface area contributed by atoms with E-state index in [0.29, 0.717) is 5.65 Å². The first-order valence-corrected chi connectivity index (χ1v) is 3.85. The fourth-order valence-electron chi connectivity index (χ4n) is 1.24. The number of aromatic nitrogens is 2. The molecule has 1 N–H and O–H groups in total. The zero-order valence-electron chi connectivity index (χ0n) is 7.06. The number of nitrogens with zero attached hydrogens (tertiary/aromatic N) is 2. The second-order valence-electron chi connectivity index (χ2n) is 2.85. The lowest BCUT2D eigenvalue weighted by Crippen LogP contribution is -1.97. The molecule has 0 amide bonds. The Bertz CT molecular complexity index is 473. The number of fused-ring (bicyclic) bond motifs is 1. The molecule has 0 aliphatic rings. The maximum absolute atomic E-state index is 10.6. The van der Waals surface area contributed by atoms with E-state index in [9.17, 15) is 4.79 Å². The zero-order valence-corrected chi connectivity index (χ0v) is 7.06. The van der Waals surface area contributed by atoms with Gasteiger partial charge in [-0.05, 0) is 19.1 Å². The van der Waals surface area contributed by atoms with Crippen molar-refractivity contribution in [1.29, 1.82) is 0 Å². The number of pyridine rings is 1. The van der Waals surface area contributed by atoms with Gasteiger partial charge < -0.3 is 9.51 Å². The monoisotopic (exact) mass is 176 g/mol. The van der Waals surface area contributed by atoms with Gasteiger partial charge in [0.25, 0.3) is 0 Å². The molecule has 0 atom stereocenters. The maximum Gasteiger partial charge on any atom is 0.335 e. The Morgan fingerprint density at radius 1 is 1.62 bits per heavy atom. The van der Waals surface area contributed by atoms with Gasteiger partial charge in [-0.25, -0.2) is 9.78 Å². The van der Waals surface area contributed by atoms with Crippen LogP contribution < -0.4 is 0 Å². The van der Waals surface area contributed by atoms with Crippen molar-refractivity contribution in [3.63, 3.8) is 0 Å². The average molecular weight is 176 g/mol. The van der Waals surface area contributed by atoms with E-state index >= 15 is 0 Å². The minimum atomic E-state index is -0.928. The zero-order chi connectivity index (χ0) is 9.42. The summed E-state index contributed by atoms with van der Waals surface area (Å²) in [5, 5.41) is 8.71.